The summed E-state index contributed by atoms with van der Waals surface area (Å²) in [7, 11) is 1.65. The fourth-order valence-corrected chi connectivity index (χ4v) is 4.63. The Labute approximate surface area is 176 Å². The summed E-state index contributed by atoms with van der Waals surface area (Å²) in [6.45, 7) is 8.81. The molecule has 5 heteroatoms. The number of likely N-dealkylation sites (tertiary alicyclic amines) is 1. The lowest BCUT2D eigenvalue weighted by Gasteiger charge is -2.37. The van der Waals surface area contributed by atoms with E-state index in [2.05, 4.69) is 24.1 Å². The van der Waals surface area contributed by atoms with Gasteiger partial charge >= 0.3 is 0 Å². The molecule has 0 aromatic heterocycles. The summed E-state index contributed by atoms with van der Waals surface area (Å²) in [6.07, 6.45) is 7.45. The van der Waals surface area contributed by atoms with Crippen molar-refractivity contribution in [2.75, 3.05) is 38.7 Å². The van der Waals surface area contributed by atoms with E-state index in [-0.39, 0.29) is 5.91 Å². The first kappa shape index (κ1) is 22.1. The molecule has 3 rings (SSSR count). The van der Waals surface area contributed by atoms with E-state index < -0.39 is 5.60 Å². The van der Waals surface area contributed by atoms with Crippen molar-refractivity contribution in [2.45, 2.75) is 64.4 Å². The van der Waals surface area contributed by atoms with Gasteiger partial charge in [-0.1, -0.05) is 20.3 Å². The van der Waals surface area contributed by atoms with E-state index in [0.29, 0.717) is 5.92 Å². The summed E-state index contributed by atoms with van der Waals surface area (Å²) in [5, 5.41) is 3.04. The molecule has 1 saturated heterocycles. The number of benzene rings is 1. The largest absolute Gasteiger partial charge is 0.494 e. The van der Waals surface area contributed by atoms with Crippen LogP contribution in [0, 0.1) is 11.8 Å². The number of anilines is 1. The van der Waals surface area contributed by atoms with Gasteiger partial charge in [0.2, 0.25) is 0 Å². The minimum atomic E-state index is -0.695. The molecular weight excluding hydrogens is 364 g/mol. The molecule has 162 valence electrons. The van der Waals surface area contributed by atoms with Gasteiger partial charge < -0.3 is 19.7 Å². The third-order valence-electron chi connectivity index (χ3n) is 6.64. The average molecular weight is 403 g/mol. The van der Waals surface area contributed by atoms with Crippen LogP contribution in [0.4, 0.5) is 5.69 Å². The molecule has 1 N–H and O–H groups in total. The second-order valence-electron chi connectivity index (χ2n) is 9.10. The smallest absolute Gasteiger partial charge is 0.256 e. The molecule has 2 fully saturated rings. The molecule has 1 amide bonds. The molecule has 0 radical (unpaired) electrons. The lowest BCUT2D eigenvalue weighted by Crippen LogP contribution is -2.47. The Hall–Kier alpha value is -1.59. The van der Waals surface area contributed by atoms with E-state index in [1.54, 1.807) is 7.11 Å². The van der Waals surface area contributed by atoms with Crippen LogP contribution in [0.5, 0.6) is 5.75 Å². The lowest BCUT2D eigenvalue weighted by molar-refractivity contribution is -0.143. The molecule has 0 spiro atoms. The molecule has 1 aromatic rings. The van der Waals surface area contributed by atoms with Crippen molar-refractivity contribution in [1.29, 1.82) is 0 Å². The average Bonchev–Trinajstić information content (AvgIpc) is 2.73. The number of ether oxygens (including phenoxy) is 2. The predicted octanol–water partition coefficient (Wildman–Crippen LogP) is 4.72. The van der Waals surface area contributed by atoms with Crippen LogP contribution in [0.1, 0.15) is 58.8 Å². The van der Waals surface area contributed by atoms with Gasteiger partial charge in [0, 0.05) is 19.3 Å². The molecular formula is C24H38N2O3. The zero-order valence-electron chi connectivity index (χ0n) is 18.4. The SMILES string of the molecule is CO[C@]1(C(=O)Nc2ccc(OCCCN3CCC(C)CC3)cc2)CCC[C@H](C)C1. The number of nitrogens with one attached hydrogen (secondary N) is 1. The topological polar surface area (TPSA) is 50.8 Å². The van der Waals surface area contributed by atoms with Gasteiger partial charge in [0.15, 0.2) is 0 Å². The van der Waals surface area contributed by atoms with Crippen LogP contribution in [0.3, 0.4) is 0 Å². The molecule has 2 atom stereocenters. The Morgan fingerprint density at radius 3 is 2.52 bits per heavy atom. The van der Waals surface area contributed by atoms with Gasteiger partial charge in [-0.25, -0.2) is 0 Å². The van der Waals surface area contributed by atoms with Crippen molar-refractivity contribution in [3.8, 4) is 5.75 Å². The zero-order chi connectivity index (χ0) is 20.7. The molecule has 1 aromatic carbocycles. The van der Waals surface area contributed by atoms with Crippen LogP contribution in [0.15, 0.2) is 24.3 Å². The van der Waals surface area contributed by atoms with Crippen LogP contribution in [-0.4, -0.2) is 49.8 Å². The monoisotopic (exact) mass is 402 g/mol. The maximum absolute atomic E-state index is 12.9. The maximum atomic E-state index is 12.9. The normalized spacial score (nSPS) is 26.2. The Bertz CT molecular complexity index is 640. The fourth-order valence-electron chi connectivity index (χ4n) is 4.63. The highest BCUT2D eigenvalue weighted by Crippen LogP contribution is 2.35. The van der Waals surface area contributed by atoms with Crippen molar-refractivity contribution in [2.24, 2.45) is 11.8 Å². The van der Waals surface area contributed by atoms with E-state index in [4.69, 9.17) is 9.47 Å². The molecule has 29 heavy (non-hydrogen) atoms. The molecule has 5 nitrogen and oxygen atoms in total. The molecule has 0 unspecified atom stereocenters. The van der Waals surface area contributed by atoms with Crippen molar-refractivity contribution in [3.05, 3.63) is 24.3 Å². The van der Waals surface area contributed by atoms with Crippen molar-refractivity contribution in [1.82, 2.24) is 4.90 Å². The summed E-state index contributed by atoms with van der Waals surface area (Å²) < 4.78 is 11.6. The first-order valence-corrected chi connectivity index (χ1v) is 11.3. The third-order valence-corrected chi connectivity index (χ3v) is 6.64. The number of rotatable bonds is 8. The highest BCUT2D eigenvalue weighted by molar-refractivity contribution is 5.97. The summed E-state index contributed by atoms with van der Waals surface area (Å²) in [4.78, 5) is 15.4. The van der Waals surface area contributed by atoms with Gasteiger partial charge in [0.05, 0.1) is 6.61 Å². The van der Waals surface area contributed by atoms with Crippen LogP contribution < -0.4 is 10.1 Å². The van der Waals surface area contributed by atoms with Gasteiger partial charge in [0.25, 0.3) is 5.91 Å². The number of hydrogen-bond acceptors (Lipinski definition) is 4. The van der Waals surface area contributed by atoms with Crippen molar-refractivity contribution in [3.63, 3.8) is 0 Å². The summed E-state index contributed by atoms with van der Waals surface area (Å²) in [5.41, 5.74) is 0.0958. The number of carbonyl (C=O) groups excluding carboxylic acids is 1. The van der Waals surface area contributed by atoms with Gasteiger partial charge in [-0.05, 0) is 87.7 Å². The third kappa shape index (κ3) is 6.19. The standard InChI is InChI=1S/C24H38N2O3/c1-19-11-15-26(16-12-19)14-5-17-29-22-9-7-21(8-10-22)25-23(27)24(28-3)13-4-6-20(2)18-24/h7-10,19-20H,4-6,11-18H2,1-3H3,(H,25,27)/t20-,24+/m0/s1. The number of carbonyl (C=O) groups is 1. The first-order chi connectivity index (χ1) is 14.0. The van der Waals surface area contributed by atoms with Gasteiger partial charge in [-0.3, -0.25) is 4.79 Å². The van der Waals surface area contributed by atoms with E-state index in [1.807, 2.05) is 24.3 Å². The second kappa shape index (κ2) is 10.4. The van der Waals surface area contributed by atoms with E-state index in [0.717, 1.165) is 56.2 Å². The first-order valence-electron chi connectivity index (χ1n) is 11.3. The van der Waals surface area contributed by atoms with Gasteiger partial charge in [-0.15, -0.1) is 0 Å². The summed E-state index contributed by atoms with van der Waals surface area (Å²) in [5.74, 6) is 2.21. The van der Waals surface area contributed by atoms with E-state index in [9.17, 15) is 4.79 Å². The highest BCUT2D eigenvalue weighted by Gasteiger charge is 2.41. The Kier molecular flexibility index (Phi) is 7.96. The number of hydrogen-bond donors (Lipinski definition) is 1. The zero-order valence-corrected chi connectivity index (χ0v) is 18.4. The van der Waals surface area contributed by atoms with Crippen LogP contribution in [0.25, 0.3) is 0 Å². The quantitative estimate of drug-likeness (QED) is 0.639. The van der Waals surface area contributed by atoms with Crippen LogP contribution in [-0.2, 0) is 9.53 Å². The van der Waals surface area contributed by atoms with Crippen molar-refractivity contribution < 1.29 is 14.3 Å². The fraction of sp³-hybridized carbons (Fsp3) is 0.708. The molecule has 2 aliphatic rings. The molecule has 1 heterocycles. The minimum Gasteiger partial charge on any atom is -0.494 e. The summed E-state index contributed by atoms with van der Waals surface area (Å²) >= 11 is 0. The van der Waals surface area contributed by atoms with E-state index >= 15 is 0 Å². The number of piperidine rings is 1. The minimum absolute atomic E-state index is 0.0314. The number of amides is 1. The Balaban J connectivity index is 1.42. The predicted molar refractivity (Wildman–Crippen MR) is 117 cm³/mol. The van der Waals surface area contributed by atoms with Crippen LogP contribution in [0.2, 0.25) is 0 Å². The van der Waals surface area contributed by atoms with Crippen molar-refractivity contribution >= 4 is 11.6 Å². The molecule has 1 aliphatic carbocycles. The Morgan fingerprint density at radius 2 is 1.86 bits per heavy atom. The van der Waals surface area contributed by atoms with Gasteiger partial charge in [-0.2, -0.15) is 0 Å². The lowest BCUT2D eigenvalue weighted by atomic mass is 9.78. The van der Waals surface area contributed by atoms with E-state index in [1.165, 1.54) is 32.4 Å². The highest BCUT2D eigenvalue weighted by atomic mass is 16.5. The second-order valence-corrected chi connectivity index (χ2v) is 9.10. The maximum Gasteiger partial charge on any atom is 0.256 e. The number of nitrogens with zero attached hydrogens (tertiary/aromatic N) is 1. The molecule has 0 bridgehead atoms. The van der Waals surface area contributed by atoms with Gasteiger partial charge in [0.1, 0.15) is 11.4 Å². The van der Waals surface area contributed by atoms with Crippen LogP contribution >= 0.6 is 0 Å². The Morgan fingerprint density at radius 1 is 1.14 bits per heavy atom. The molecule has 1 saturated carbocycles. The summed E-state index contributed by atoms with van der Waals surface area (Å²) in [6, 6.07) is 7.69. The number of methoxy groups -OCH3 is 1. The molecule has 1 aliphatic heterocycles.